The molecule has 0 aliphatic carbocycles. The quantitative estimate of drug-likeness (QED) is 0.0343. The fraction of sp³-hybridized carbons (Fsp3) is 0.696. The lowest BCUT2D eigenvalue weighted by molar-refractivity contribution is -0.870. The van der Waals surface area contributed by atoms with Crippen molar-refractivity contribution < 1.29 is 37.9 Å². The molecule has 0 unspecified atom stereocenters. The molecule has 0 fully saturated rings. The fourth-order valence-corrected chi connectivity index (χ4v) is 8.20. The number of ether oxygens (including phenoxy) is 2. The minimum Gasteiger partial charge on any atom is -0.466 e. The molecule has 2 aromatic carbocycles. The van der Waals surface area contributed by atoms with Crippen LogP contribution in [0.5, 0.6) is 0 Å². The van der Waals surface area contributed by atoms with E-state index in [4.69, 9.17) is 9.47 Å². The van der Waals surface area contributed by atoms with Gasteiger partial charge in [-0.15, -0.1) is 0 Å². The first kappa shape index (κ1) is 58.9. The number of hydrogen-bond acceptors (Lipinski definition) is 7. The number of nitrogens with one attached hydrogen (secondary N) is 3. The Morgan fingerprint density at radius 1 is 0.463 bits per heavy atom. The van der Waals surface area contributed by atoms with Crippen molar-refractivity contribution in [1.82, 2.24) is 16.0 Å². The molecule has 3 amide bonds. The smallest absolute Gasteiger partial charge is 0.328 e. The van der Waals surface area contributed by atoms with Gasteiger partial charge in [-0.05, 0) is 49.7 Å². The zero-order valence-corrected chi connectivity index (χ0v) is 42.7. The lowest BCUT2D eigenvalue weighted by atomic mass is 10.0. The first-order valence-corrected chi connectivity index (χ1v) is 26.5. The van der Waals surface area contributed by atoms with Gasteiger partial charge in [-0.1, -0.05) is 190 Å². The number of nitrogens with zero attached hydrogens (tertiary/aromatic N) is 1. The van der Waals surface area contributed by atoms with Crippen LogP contribution in [-0.2, 0) is 46.3 Å². The highest BCUT2D eigenvalue weighted by molar-refractivity contribution is 5.94. The fourth-order valence-electron chi connectivity index (χ4n) is 8.20. The summed E-state index contributed by atoms with van der Waals surface area (Å²) in [6.45, 7) is 6.00. The van der Waals surface area contributed by atoms with Crippen molar-refractivity contribution in [2.45, 2.75) is 212 Å². The van der Waals surface area contributed by atoms with Gasteiger partial charge in [0.15, 0.2) is 0 Å². The molecule has 0 aliphatic heterocycles. The van der Waals surface area contributed by atoms with Crippen LogP contribution in [0.3, 0.4) is 0 Å². The normalized spacial score (nSPS) is 12.7. The van der Waals surface area contributed by atoms with Crippen molar-refractivity contribution in [2.75, 3.05) is 40.9 Å². The average molecular weight is 934 g/mol. The average Bonchev–Trinajstić information content (AvgIpc) is 3.30. The summed E-state index contributed by atoms with van der Waals surface area (Å²) in [6, 6.07) is 15.6. The predicted octanol–water partition coefficient (Wildman–Crippen LogP) is 10.9. The summed E-state index contributed by atoms with van der Waals surface area (Å²) >= 11 is 0. The molecule has 11 nitrogen and oxygen atoms in total. The Bertz CT molecular complexity index is 1600. The van der Waals surface area contributed by atoms with Crippen LogP contribution in [0.1, 0.15) is 192 Å². The molecule has 0 saturated carbocycles. The van der Waals surface area contributed by atoms with Gasteiger partial charge >= 0.3 is 11.9 Å². The number of hydrogen-bond donors (Lipinski definition) is 3. The van der Waals surface area contributed by atoms with Gasteiger partial charge in [0.1, 0.15) is 18.1 Å². The van der Waals surface area contributed by atoms with E-state index in [0.717, 1.165) is 73.5 Å². The number of quaternary nitrogens is 1. The Hall–Kier alpha value is -4.25. The van der Waals surface area contributed by atoms with Gasteiger partial charge in [0.25, 0.3) is 0 Å². The van der Waals surface area contributed by atoms with E-state index in [1.807, 2.05) is 60.7 Å². The molecule has 0 bridgehead atoms. The molecule has 0 aromatic heterocycles. The van der Waals surface area contributed by atoms with E-state index in [-0.39, 0.29) is 44.6 Å². The van der Waals surface area contributed by atoms with Crippen molar-refractivity contribution in [3.05, 3.63) is 71.8 Å². The van der Waals surface area contributed by atoms with E-state index in [2.05, 4.69) is 50.9 Å². The van der Waals surface area contributed by atoms with E-state index in [9.17, 15) is 24.0 Å². The Labute approximate surface area is 406 Å². The van der Waals surface area contributed by atoms with Crippen LogP contribution in [0.2, 0.25) is 0 Å². The number of esters is 2. The van der Waals surface area contributed by atoms with Crippen molar-refractivity contribution >= 4 is 29.7 Å². The zero-order valence-electron chi connectivity index (χ0n) is 42.7. The second-order valence-corrected chi connectivity index (χ2v) is 19.7. The van der Waals surface area contributed by atoms with E-state index in [0.29, 0.717) is 19.4 Å². The Morgan fingerprint density at radius 2 is 0.866 bits per heavy atom. The summed E-state index contributed by atoms with van der Waals surface area (Å²) in [5.74, 6) is -2.37. The molecule has 2 rings (SSSR count). The van der Waals surface area contributed by atoms with Crippen molar-refractivity contribution in [3.63, 3.8) is 0 Å². The van der Waals surface area contributed by atoms with Crippen LogP contribution in [0.25, 0.3) is 0 Å². The van der Waals surface area contributed by atoms with Crippen LogP contribution in [0.15, 0.2) is 60.7 Å². The van der Waals surface area contributed by atoms with Crippen LogP contribution in [0.4, 0.5) is 0 Å². The lowest BCUT2D eigenvalue weighted by Gasteiger charge is -2.25. The molecule has 0 radical (unpaired) electrons. The molecule has 3 N–H and O–H groups in total. The monoisotopic (exact) mass is 934 g/mol. The number of carbonyl (C=O) groups excluding carboxylic acids is 5. The molecule has 0 heterocycles. The summed E-state index contributed by atoms with van der Waals surface area (Å²) in [7, 11) is 6.44. The predicted molar refractivity (Wildman–Crippen MR) is 272 cm³/mol. The summed E-state index contributed by atoms with van der Waals surface area (Å²) in [5, 5.41) is 8.75. The summed E-state index contributed by atoms with van der Waals surface area (Å²) in [6.07, 6.45) is 26.4. The third kappa shape index (κ3) is 31.4. The molecule has 378 valence electrons. The lowest BCUT2D eigenvalue weighted by Crippen LogP contribution is -2.57. The standard InChI is InChI=1S/C56H92N4O7/c1-6-8-10-12-14-16-18-20-22-33-43-66-53(62)41-40-49(56(65)67-44-34-23-21-19-17-15-13-11-9-7-2)58-55(64)51(46-48-37-29-25-30-38-48)59-54(63)50(45-47-35-27-24-28-36-47)57-52(61)39-31-26-32-42-60(3,4)5/h24-25,27-30,35-38,49-51H,6-23,26,31-34,39-46H2,1-5H3,(H2-,57,58,59,61,63,64)/p+1/t49-,50-,51-/m0/s1. The van der Waals surface area contributed by atoms with E-state index in [1.165, 1.54) is 83.5 Å². The topological polar surface area (TPSA) is 140 Å². The molecule has 11 heteroatoms. The van der Waals surface area contributed by atoms with Gasteiger partial charge < -0.3 is 29.9 Å². The minimum atomic E-state index is -1.13. The summed E-state index contributed by atoms with van der Waals surface area (Å²) in [5.41, 5.74) is 1.66. The number of unbranched alkanes of at least 4 members (excludes halogenated alkanes) is 20. The number of amides is 3. The van der Waals surface area contributed by atoms with E-state index < -0.39 is 41.9 Å². The van der Waals surface area contributed by atoms with Crippen LogP contribution in [-0.4, -0.2) is 93.2 Å². The van der Waals surface area contributed by atoms with Crippen LogP contribution < -0.4 is 16.0 Å². The van der Waals surface area contributed by atoms with Crippen molar-refractivity contribution in [3.8, 4) is 0 Å². The Morgan fingerprint density at radius 3 is 1.33 bits per heavy atom. The van der Waals surface area contributed by atoms with Gasteiger partial charge in [0.2, 0.25) is 17.7 Å². The van der Waals surface area contributed by atoms with Crippen LogP contribution in [0, 0.1) is 0 Å². The molecular weight excluding hydrogens is 841 g/mol. The summed E-state index contributed by atoms with van der Waals surface area (Å²) < 4.78 is 12.2. The minimum absolute atomic E-state index is 0.00701. The second kappa shape index (κ2) is 37.7. The van der Waals surface area contributed by atoms with Crippen LogP contribution >= 0.6 is 0 Å². The molecule has 67 heavy (non-hydrogen) atoms. The number of carbonyl (C=O) groups is 5. The second-order valence-electron chi connectivity index (χ2n) is 19.7. The Kier molecular flexibility index (Phi) is 33.1. The molecule has 2 aromatic rings. The summed E-state index contributed by atoms with van der Waals surface area (Å²) in [4.78, 5) is 68.5. The van der Waals surface area contributed by atoms with Gasteiger partial charge in [0.05, 0.1) is 40.9 Å². The zero-order chi connectivity index (χ0) is 48.8. The third-order valence-corrected chi connectivity index (χ3v) is 12.3. The Balaban J connectivity index is 2.13. The number of benzene rings is 2. The van der Waals surface area contributed by atoms with E-state index >= 15 is 0 Å². The highest BCUT2D eigenvalue weighted by atomic mass is 16.5. The molecule has 0 spiro atoms. The van der Waals surface area contributed by atoms with Gasteiger partial charge in [-0.3, -0.25) is 19.2 Å². The molecule has 0 saturated heterocycles. The maximum Gasteiger partial charge on any atom is 0.328 e. The largest absolute Gasteiger partial charge is 0.466 e. The number of rotatable bonds is 41. The maximum atomic E-state index is 14.3. The van der Waals surface area contributed by atoms with E-state index in [1.54, 1.807) is 0 Å². The highest BCUT2D eigenvalue weighted by Gasteiger charge is 2.31. The molecule has 0 aliphatic rings. The van der Waals surface area contributed by atoms with Gasteiger partial charge in [-0.2, -0.15) is 0 Å². The van der Waals surface area contributed by atoms with Gasteiger partial charge in [0, 0.05) is 25.7 Å². The first-order chi connectivity index (χ1) is 32.4. The molecule has 3 atom stereocenters. The van der Waals surface area contributed by atoms with Crippen molar-refractivity contribution in [1.29, 1.82) is 0 Å². The highest BCUT2D eigenvalue weighted by Crippen LogP contribution is 2.14. The molecular formula is C56H93N4O7+. The maximum absolute atomic E-state index is 14.3. The SMILES string of the molecule is CCCCCCCCCCCCOC(=O)CC[C@H](NC(=O)[C@H](Cc1ccccc1)NC(=O)[C@H](Cc1ccccc1)NC(=O)CCCCC[N+](C)(C)C)C(=O)OCCCCCCCCCCCC. The van der Waals surface area contributed by atoms with Crippen molar-refractivity contribution in [2.24, 2.45) is 0 Å². The first-order valence-electron chi connectivity index (χ1n) is 26.5. The van der Waals surface area contributed by atoms with Gasteiger partial charge in [-0.25, -0.2) is 4.79 Å². The third-order valence-electron chi connectivity index (χ3n) is 12.3.